The number of piperidine rings is 1. The lowest BCUT2D eigenvalue weighted by atomic mass is 9.97. The molecule has 8 heteroatoms. The monoisotopic (exact) mass is 353 g/mol. The summed E-state index contributed by atoms with van der Waals surface area (Å²) in [6.45, 7) is 5.18. The predicted molar refractivity (Wildman–Crippen MR) is 91.9 cm³/mol. The van der Waals surface area contributed by atoms with E-state index in [-0.39, 0.29) is 17.8 Å². The van der Waals surface area contributed by atoms with Gasteiger partial charge in [-0.3, -0.25) is 19.3 Å². The Labute approximate surface area is 145 Å². The molecular weight excluding hydrogens is 330 g/mol. The van der Waals surface area contributed by atoms with E-state index in [4.69, 9.17) is 10.5 Å². The van der Waals surface area contributed by atoms with Crippen molar-refractivity contribution in [2.75, 3.05) is 25.0 Å². The molecule has 2 atom stereocenters. The van der Waals surface area contributed by atoms with Crippen LogP contribution in [0.15, 0.2) is 11.4 Å². The molecule has 132 valence electrons. The zero-order chi connectivity index (χ0) is 17.7. The molecule has 7 nitrogen and oxygen atoms in total. The van der Waals surface area contributed by atoms with Crippen molar-refractivity contribution in [1.29, 1.82) is 0 Å². The van der Waals surface area contributed by atoms with Crippen molar-refractivity contribution in [1.82, 2.24) is 4.90 Å². The fourth-order valence-electron chi connectivity index (χ4n) is 2.79. The quantitative estimate of drug-likeness (QED) is 0.754. The van der Waals surface area contributed by atoms with E-state index in [0.717, 1.165) is 19.4 Å². The third kappa shape index (κ3) is 4.33. The fraction of sp³-hybridized carbons (Fsp3) is 0.562. The fourth-order valence-corrected chi connectivity index (χ4v) is 3.59. The summed E-state index contributed by atoms with van der Waals surface area (Å²) >= 11 is 1.26. The Hall–Kier alpha value is -1.93. The van der Waals surface area contributed by atoms with Crippen molar-refractivity contribution < 1.29 is 19.1 Å². The van der Waals surface area contributed by atoms with E-state index in [1.54, 1.807) is 25.3 Å². The molecule has 1 aliphatic rings. The maximum absolute atomic E-state index is 12.5. The SMILES string of the molecule is CCOC(=O)[C@@H]1CCCN([C@@H](C)C(=O)Nc2sccc2C(N)=O)C1. The summed E-state index contributed by atoms with van der Waals surface area (Å²) in [6.07, 6.45) is 1.62. The zero-order valence-corrected chi connectivity index (χ0v) is 14.7. The standard InChI is InChI=1S/C16H23N3O4S/c1-3-23-16(22)11-5-4-7-19(9-11)10(2)14(21)18-15-12(13(17)20)6-8-24-15/h6,8,10-11H,3-5,7,9H2,1-2H3,(H2,17,20)(H,18,21)/t10-,11+/m0/s1. The number of carbonyl (C=O) groups is 3. The van der Waals surface area contributed by atoms with Gasteiger partial charge >= 0.3 is 5.97 Å². The van der Waals surface area contributed by atoms with Crippen molar-refractivity contribution >= 4 is 34.1 Å². The molecule has 0 saturated carbocycles. The van der Waals surface area contributed by atoms with Gasteiger partial charge in [0.25, 0.3) is 5.91 Å². The van der Waals surface area contributed by atoms with Crippen molar-refractivity contribution in [2.45, 2.75) is 32.7 Å². The summed E-state index contributed by atoms with van der Waals surface area (Å²) in [5, 5.41) is 4.92. The maximum atomic E-state index is 12.5. The van der Waals surface area contributed by atoms with Crippen molar-refractivity contribution in [3.63, 3.8) is 0 Å². The summed E-state index contributed by atoms with van der Waals surface area (Å²) in [5.74, 6) is -1.19. The zero-order valence-electron chi connectivity index (χ0n) is 13.9. The van der Waals surface area contributed by atoms with Crippen molar-refractivity contribution in [2.24, 2.45) is 11.7 Å². The Balaban J connectivity index is 1.98. The highest BCUT2D eigenvalue weighted by atomic mass is 32.1. The van der Waals surface area contributed by atoms with Crippen molar-refractivity contribution in [3.05, 3.63) is 17.0 Å². The first-order valence-electron chi connectivity index (χ1n) is 8.02. The first-order valence-corrected chi connectivity index (χ1v) is 8.90. The first kappa shape index (κ1) is 18.4. The number of anilines is 1. The van der Waals surface area contributed by atoms with Crippen molar-refractivity contribution in [3.8, 4) is 0 Å². The van der Waals surface area contributed by atoms with Gasteiger partial charge in [-0.25, -0.2) is 0 Å². The van der Waals surface area contributed by atoms with Crippen LogP contribution in [0.5, 0.6) is 0 Å². The lowest BCUT2D eigenvalue weighted by Gasteiger charge is -2.35. The minimum Gasteiger partial charge on any atom is -0.466 e. The summed E-state index contributed by atoms with van der Waals surface area (Å²) in [6, 6.07) is 1.18. The molecule has 1 aromatic heterocycles. The third-order valence-electron chi connectivity index (χ3n) is 4.17. The topological polar surface area (TPSA) is 102 Å². The Morgan fingerprint density at radius 2 is 2.25 bits per heavy atom. The number of esters is 1. The van der Waals surface area contributed by atoms with E-state index < -0.39 is 11.9 Å². The van der Waals surface area contributed by atoms with Crippen LogP contribution in [0.1, 0.15) is 37.0 Å². The summed E-state index contributed by atoms with van der Waals surface area (Å²) in [7, 11) is 0. The van der Waals surface area contributed by atoms with Crippen LogP contribution in [-0.2, 0) is 14.3 Å². The average Bonchev–Trinajstić information content (AvgIpc) is 3.02. The molecule has 2 amide bonds. The molecule has 0 aliphatic carbocycles. The minimum atomic E-state index is -0.570. The van der Waals surface area contributed by atoms with Gasteiger partial charge in [0, 0.05) is 6.54 Å². The van der Waals surface area contributed by atoms with Crippen LogP contribution in [0, 0.1) is 5.92 Å². The lowest BCUT2D eigenvalue weighted by molar-refractivity contribution is -0.150. The van der Waals surface area contributed by atoms with Gasteiger partial charge < -0.3 is 15.8 Å². The molecule has 2 rings (SSSR count). The van der Waals surface area contributed by atoms with Crippen LogP contribution in [0.25, 0.3) is 0 Å². The number of nitrogens with two attached hydrogens (primary N) is 1. The Kier molecular flexibility index (Phi) is 6.33. The number of ether oxygens (including phenoxy) is 1. The first-order chi connectivity index (χ1) is 11.4. The number of nitrogens with zero attached hydrogens (tertiary/aromatic N) is 1. The number of primary amides is 1. The second kappa shape index (κ2) is 8.25. The number of thiophene rings is 1. The molecule has 0 spiro atoms. The number of nitrogens with one attached hydrogen (secondary N) is 1. The number of carbonyl (C=O) groups excluding carboxylic acids is 3. The smallest absolute Gasteiger partial charge is 0.310 e. The predicted octanol–water partition coefficient (Wildman–Crippen LogP) is 1.45. The molecule has 1 fully saturated rings. The minimum absolute atomic E-state index is 0.197. The number of hydrogen-bond donors (Lipinski definition) is 2. The summed E-state index contributed by atoms with van der Waals surface area (Å²) in [4.78, 5) is 37.7. The Bertz CT molecular complexity index is 616. The number of rotatable bonds is 6. The molecular formula is C16H23N3O4S. The Morgan fingerprint density at radius 1 is 1.50 bits per heavy atom. The van der Waals surface area contributed by atoms with Crippen LogP contribution < -0.4 is 11.1 Å². The lowest BCUT2D eigenvalue weighted by Crippen LogP contribution is -2.48. The molecule has 0 bridgehead atoms. The van der Waals surface area contributed by atoms with E-state index in [0.29, 0.717) is 23.7 Å². The molecule has 1 saturated heterocycles. The van der Waals surface area contributed by atoms with Gasteiger partial charge in [-0.2, -0.15) is 0 Å². The normalized spacial score (nSPS) is 19.5. The van der Waals surface area contributed by atoms with Gasteiger partial charge in [0.05, 0.1) is 24.1 Å². The second-order valence-corrected chi connectivity index (χ2v) is 6.70. The largest absolute Gasteiger partial charge is 0.466 e. The van der Waals surface area contributed by atoms with E-state index in [1.807, 2.05) is 4.90 Å². The molecule has 0 radical (unpaired) electrons. The third-order valence-corrected chi connectivity index (χ3v) is 5.00. The van der Waals surface area contributed by atoms with E-state index in [2.05, 4.69) is 5.32 Å². The van der Waals surface area contributed by atoms with Gasteiger partial charge in [-0.05, 0) is 44.7 Å². The van der Waals surface area contributed by atoms with Crippen LogP contribution in [0.2, 0.25) is 0 Å². The molecule has 1 aliphatic heterocycles. The maximum Gasteiger partial charge on any atom is 0.310 e. The summed E-state index contributed by atoms with van der Waals surface area (Å²) < 4.78 is 5.08. The van der Waals surface area contributed by atoms with E-state index >= 15 is 0 Å². The highest BCUT2D eigenvalue weighted by Gasteiger charge is 2.31. The average molecular weight is 353 g/mol. The molecule has 24 heavy (non-hydrogen) atoms. The molecule has 2 heterocycles. The van der Waals surface area contributed by atoms with Crippen LogP contribution in [0.3, 0.4) is 0 Å². The van der Waals surface area contributed by atoms with Crippen LogP contribution in [-0.4, -0.2) is 48.4 Å². The molecule has 0 unspecified atom stereocenters. The highest BCUT2D eigenvalue weighted by Crippen LogP contribution is 2.24. The van der Waals surface area contributed by atoms with Crippen LogP contribution in [0.4, 0.5) is 5.00 Å². The van der Waals surface area contributed by atoms with Gasteiger partial charge in [0.2, 0.25) is 5.91 Å². The van der Waals surface area contributed by atoms with E-state index in [1.165, 1.54) is 11.3 Å². The number of amides is 2. The van der Waals surface area contributed by atoms with E-state index in [9.17, 15) is 14.4 Å². The Morgan fingerprint density at radius 3 is 2.92 bits per heavy atom. The van der Waals surface area contributed by atoms with Crippen LogP contribution >= 0.6 is 11.3 Å². The number of likely N-dealkylation sites (tertiary alicyclic amines) is 1. The van der Waals surface area contributed by atoms with Gasteiger partial charge in [0.1, 0.15) is 5.00 Å². The second-order valence-electron chi connectivity index (χ2n) is 5.78. The highest BCUT2D eigenvalue weighted by molar-refractivity contribution is 7.14. The summed E-state index contributed by atoms with van der Waals surface area (Å²) in [5.41, 5.74) is 5.60. The number of hydrogen-bond acceptors (Lipinski definition) is 6. The van der Waals surface area contributed by atoms with Gasteiger partial charge in [0.15, 0.2) is 0 Å². The van der Waals surface area contributed by atoms with Gasteiger partial charge in [-0.15, -0.1) is 11.3 Å². The molecule has 0 aromatic carbocycles. The van der Waals surface area contributed by atoms with Gasteiger partial charge in [-0.1, -0.05) is 0 Å². The molecule has 3 N–H and O–H groups in total. The molecule has 1 aromatic rings.